The van der Waals surface area contributed by atoms with Crippen LogP contribution in [0.3, 0.4) is 0 Å². The quantitative estimate of drug-likeness (QED) is 0.397. The highest BCUT2D eigenvalue weighted by Gasteiger charge is 2.20. The molecule has 2 heterocycles. The van der Waals surface area contributed by atoms with Gasteiger partial charge in [-0.1, -0.05) is 66.2 Å². The lowest BCUT2D eigenvalue weighted by molar-refractivity contribution is 0.906. The molecule has 26 heavy (non-hydrogen) atoms. The van der Waals surface area contributed by atoms with Crippen molar-refractivity contribution in [2.45, 2.75) is 12.8 Å². The number of aromatic amines is 2. The molecule has 0 radical (unpaired) electrons. The number of para-hydroxylation sites is 2. The number of H-pyrrole nitrogens is 2. The predicted octanol–water partition coefficient (Wildman–Crippen LogP) is 6.14. The molecule has 2 nitrogen and oxygen atoms in total. The van der Waals surface area contributed by atoms with Crippen molar-refractivity contribution in [1.82, 2.24) is 9.97 Å². The van der Waals surface area contributed by atoms with Gasteiger partial charge in [-0.25, -0.2) is 0 Å². The number of hydrogen-bond donors (Lipinski definition) is 2. The standard InChI is InChI=1S/C24H20N2/c1-16-10-12-17(13-11-16)24(22-14-18-6-2-4-8-20(18)25-22)23-15-19-7-3-5-9-21(19)26-23/h2-15,24-26H,1H3. The summed E-state index contributed by atoms with van der Waals surface area (Å²) in [6.07, 6.45) is 0. The number of fused-ring (bicyclic) bond motifs is 2. The Morgan fingerprint density at radius 2 is 1.12 bits per heavy atom. The zero-order valence-electron chi connectivity index (χ0n) is 14.7. The van der Waals surface area contributed by atoms with Crippen LogP contribution in [0.1, 0.15) is 28.4 Å². The average Bonchev–Trinajstić information content (AvgIpc) is 3.27. The van der Waals surface area contributed by atoms with E-state index in [1.54, 1.807) is 0 Å². The summed E-state index contributed by atoms with van der Waals surface area (Å²) in [5.41, 5.74) is 7.34. The van der Waals surface area contributed by atoms with E-state index in [9.17, 15) is 0 Å². The van der Waals surface area contributed by atoms with Crippen molar-refractivity contribution in [2.24, 2.45) is 0 Å². The molecule has 0 amide bonds. The monoisotopic (exact) mass is 336 g/mol. The van der Waals surface area contributed by atoms with Gasteiger partial charge in [0.15, 0.2) is 0 Å². The summed E-state index contributed by atoms with van der Waals surface area (Å²) in [7, 11) is 0. The number of nitrogens with one attached hydrogen (secondary N) is 2. The van der Waals surface area contributed by atoms with E-state index < -0.39 is 0 Å². The van der Waals surface area contributed by atoms with Crippen molar-refractivity contribution in [1.29, 1.82) is 0 Å². The average molecular weight is 336 g/mol. The third-order valence-electron chi connectivity index (χ3n) is 5.13. The van der Waals surface area contributed by atoms with E-state index >= 15 is 0 Å². The van der Waals surface area contributed by atoms with E-state index in [1.165, 1.54) is 44.3 Å². The van der Waals surface area contributed by atoms with Crippen LogP contribution in [0.5, 0.6) is 0 Å². The molecule has 0 atom stereocenters. The minimum absolute atomic E-state index is 0.149. The van der Waals surface area contributed by atoms with Gasteiger partial charge in [0.05, 0.1) is 5.92 Å². The van der Waals surface area contributed by atoms with E-state index in [0.717, 1.165) is 0 Å². The van der Waals surface area contributed by atoms with Gasteiger partial charge < -0.3 is 9.97 Å². The first-order chi connectivity index (χ1) is 12.8. The van der Waals surface area contributed by atoms with Crippen LogP contribution in [-0.2, 0) is 0 Å². The minimum Gasteiger partial charge on any atom is -0.358 e. The number of rotatable bonds is 3. The largest absolute Gasteiger partial charge is 0.358 e. The van der Waals surface area contributed by atoms with Crippen LogP contribution in [0.25, 0.3) is 21.8 Å². The Labute approximate surface area is 152 Å². The molecular formula is C24H20N2. The molecule has 0 spiro atoms. The van der Waals surface area contributed by atoms with Gasteiger partial charge in [0.1, 0.15) is 0 Å². The lowest BCUT2D eigenvalue weighted by Gasteiger charge is -2.15. The molecule has 0 aliphatic heterocycles. The Morgan fingerprint density at radius 1 is 0.615 bits per heavy atom. The molecule has 0 unspecified atom stereocenters. The van der Waals surface area contributed by atoms with Gasteiger partial charge in [-0.2, -0.15) is 0 Å². The van der Waals surface area contributed by atoms with E-state index in [0.29, 0.717) is 0 Å². The van der Waals surface area contributed by atoms with Crippen molar-refractivity contribution < 1.29 is 0 Å². The van der Waals surface area contributed by atoms with E-state index in [1.807, 2.05) is 0 Å². The van der Waals surface area contributed by atoms with Crippen LogP contribution >= 0.6 is 0 Å². The van der Waals surface area contributed by atoms with Crippen molar-refractivity contribution in [3.8, 4) is 0 Å². The summed E-state index contributed by atoms with van der Waals surface area (Å²) in [5, 5.41) is 2.49. The fraction of sp³-hybridized carbons (Fsp3) is 0.0833. The summed E-state index contributed by atoms with van der Waals surface area (Å²) in [6.45, 7) is 2.13. The summed E-state index contributed by atoms with van der Waals surface area (Å²) >= 11 is 0. The molecule has 0 saturated heterocycles. The highest BCUT2D eigenvalue weighted by molar-refractivity contribution is 5.82. The molecule has 0 aliphatic carbocycles. The van der Waals surface area contributed by atoms with Crippen molar-refractivity contribution in [3.05, 3.63) is 107 Å². The molecular weight excluding hydrogens is 316 g/mol. The Morgan fingerprint density at radius 3 is 1.62 bits per heavy atom. The molecule has 0 saturated carbocycles. The molecule has 0 bridgehead atoms. The van der Waals surface area contributed by atoms with Gasteiger partial charge in [-0.15, -0.1) is 0 Å². The Kier molecular flexibility index (Phi) is 3.42. The van der Waals surface area contributed by atoms with Crippen LogP contribution in [-0.4, -0.2) is 9.97 Å². The number of aromatic nitrogens is 2. The van der Waals surface area contributed by atoms with Gasteiger partial charge >= 0.3 is 0 Å². The van der Waals surface area contributed by atoms with Crippen LogP contribution in [0.4, 0.5) is 0 Å². The normalized spacial score (nSPS) is 11.6. The number of benzene rings is 3. The van der Waals surface area contributed by atoms with Crippen LogP contribution in [0.15, 0.2) is 84.9 Å². The Hall–Kier alpha value is -3.26. The van der Waals surface area contributed by atoms with Crippen LogP contribution in [0, 0.1) is 6.92 Å². The second-order valence-corrected chi connectivity index (χ2v) is 6.97. The maximum atomic E-state index is 3.63. The van der Waals surface area contributed by atoms with Gasteiger partial charge in [-0.05, 0) is 47.5 Å². The summed E-state index contributed by atoms with van der Waals surface area (Å²) in [4.78, 5) is 7.26. The smallest absolute Gasteiger partial charge is 0.0642 e. The molecule has 126 valence electrons. The predicted molar refractivity (Wildman–Crippen MR) is 109 cm³/mol. The third kappa shape index (κ3) is 2.51. The first kappa shape index (κ1) is 15.0. The lowest BCUT2D eigenvalue weighted by Crippen LogP contribution is -2.04. The van der Waals surface area contributed by atoms with Crippen molar-refractivity contribution >= 4 is 21.8 Å². The van der Waals surface area contributed by atoms with Crippen molar-refractivity contribution in [2.75, 3.05) is 0 Å². The molecule has 3 aromatic carbocycles. The fourth-order valence-corrected chi connectivity index (χ4v) is 3.79. The molecule has 0 aliphatic rings. The van der Waals surface area contributed by atoms with E-state index in [2.05, 4.69) is 102 Å². The fourth-order valence-electron chi connectivity index (χ4n) is 3.79. The maximum absolute atomic E-state index is 3.63. The summed E-state index contributed by atoms with van der Waals surface area (Å²) in [6, 6.07) is 30.3. The zero-order valence-corrected chi connectivity index (χ0v) is 14.7. The van der Waals surface area contributed by atoms with Crippen LogP contribution < -0.4 is 0 Å². The summed E-state index contributed by atoms with van der Waals surface area (Å²) in [5.74, 6) is 0.149. The first-order valence-corrected chi connectivity index (χ1v) is 9.00. The van der Waals surface area contributed by atoms with Gasteiger partial charge in [-0.3, -0.25) is 0 Å². The van der Waals surface area contributed by atoms with Crippen molar-refractivity contribution in [3.63, 3.8) is 0 Å². The highest BCUT2D eigenvalue weighted by Crippen LogP contribution is 2.34. The topological polar surface area (TPSA) is 31.6 Å². The molecule has 5 aromatic rings. The minimum atomic E-state index is 0.149. The Balaban J connectivity index is 1.72. The third-order valence-corrected chi connectivity index (χ3v) is 5.13. The van der Waals surface area contributed by atoms with E-state index in [4.69, 9.17) is 0 Å². The van der Waals surface area contributed by atoms with Gasteiger partial charge in [0.2, 0.25) is 0 Å². The molecule has 0 fully saturated rings. The molecule has 5 rings (SSSR count). The second-order valence-electron chi connectivity index (χ2n) is 6.97. The lowest BCUT2D eigenvalue weighted by atomic mass is 9.92. The first-order valence-electron chi connectivity index (χ1n) is 9.00. The molecule has 2 heteroatoms. The zero-order chi connectivity index (χ0) is 17.5. The van der Waals surface area contributed by atoms with Gasteiger partial charge in [0.25, 0.3) is 0 Å². The SMILES string of the molecule is Cc1ccc(C(c2cc3ccccc3[nH]2)c2cc3ccccc3[nH]2)cc1. The second kappa shape index (κ2) is 5.92. The van der Waals surface area contributed by atoms with E-state index in [-0.39, 0.29) is 5.92 Å². The summed E-state index contributed by atoms with van der Waals surface area (Å²) < 4.78 is 0. The number of hydrogen-bond acceptors (Lipinski definition) is 0. The molecule has 2 aromatic heterocycles. The van der Waals surface area contributed by atoms with Crippen LogP contribution in [0.2, 0.25) is 0 Å². The maximum Gasteiger partial charge on any atom is 0.0642 e. The number of aryl methyl sites for hydroxylation is 1. The molecule has 2 N–H and O–H groups in total. The van der Waals surface area contributed by atoms with Gasteiger partial charge in [0, 0.05) is 22.4 Å². The Bertz CT molecular complexity index is 1050. The highest BCUT2D eigenvalue weighted by atomic mass is 14.8.